The predicted octanol–water partition coefficient (Wildman–Crippen LogP) is 2.32. The number of thiazole rings is 1. The lowest BCUT2D eigenvalue weighted by Gasteiger charge is -2.04. The minimum absolute atomic E-state index is 0.273. The van der Waals surface area contributed by atoms with Crippen LogP contribution in [0.25, 0.3) is 0 Å². The zero-order chi connectivity index (χ0) is 13.7. The number of aromatic nitrogens is 3. The number of nitrogens with one attached hydrogen (secondary N) is 2. The summed E-state index contributed by atoms with van der Waals surface area (Å²) in [5.41, 5.74) is 0.273. The Bertz CT molecular complexity index is 552. The molecule has 0 aliphatic carbocycles. The first kappa shape index (κ1) is 13.4. The molecule has 6 nitrogen and oxygen atoms in total. The van der Waals surface area contributed by atoms with E-state index in [0.29, 0.717) is 10.9 Å². The highest BCUT2D eigenvalue weighted by atomic mass is 32.1. The second kappa shape index (κ2) is 6.24. The average Bonchev–Trinajstić information content (AvgIpc) is 2.82. The van der Waals surface area contributed by atoms with Gasteiger partial charge in [0.1, 0.15) is 11.5 Å². The molecule has 2 aromatic heterocycles. The van der Waals surface area contributed by atoms with Crippen LogP contribution in [-0.2, 0) is 0 Å². The molecule has 0 unspecified atom stereocenters. The highest BCUT2D eigenvalue weighted by Crippen LogP contribution is 2.17. The summed E-state index contributed by atoms with van der Waals surface area (Å²) in [6.07, 6.45) is 5.72. The van der Waals surface area contributed by atoms with Gasteiger partial charge in [-0.25, -0.2) is 15.0 Å². The van der Waals surface area contributed by atoms with Gasteiger partial charge in [-0.15, -0.1) is 11.3 Å². The number of hydrogen-bond donors (Lipinski definition) is 2. The number of anilines is 2. The molecule has 2 N–H and O–H groups in total. The second-order valence-corrected chi connectivity index (χ2v) is 5.18. The third-order valence-electron chi connectivity index (χ3n) is 2.28. The number of hydrogen-bond acceptors (Lipinski definition) is 6. The minimum atomic E-state index is -0.302. The van der Waals surface area contributed by atoms with Crippen LogP contribution in [0.3, 0.4) is 0 Å². The quantitative estimate of drug-likeness (QED) is 0.876. The summed E-state index contributed by atoms with van der Waals surface area (Å²) in [7, 11) is 0. The zero-order valence-corrected chi connectivity index (χ0v) is 11.6. The van der Waals surface area contributed by atoms with E-state index in [-0.39, 0.29) is 11.6 Å². The molecule has 0 aromatic carbocycles. The summed E-state index contributed by atoms with van der Waals surface area (Å²) >= 11 is 1.42. The van der Waals surface area contributed by atoms with Gasteiger partial charge in [-0.05, 0) is 13.3 Å². The van der Waals surface area contributed by atoms with Crippen molar-refractivity contribution in [1.82, 2.24) is 15.0 Å². The molecule has 7 heteroatoms. The maximum absolute atomic E-state index is 11.9. The van der Waals surface area contributed by atoms with Gasteiger partial charge in [0.05, 0.1) is 12.4 Å². The molecule has 1 amide bonds. The van der Waals surface area contributed by atoms with Crippen molar-refractivity contribution >= 4 is 28.2 Å². The number of nitrogens with zero attached hydrogens (tertiary/aromatic N) is 3. The van der Waals surface area contributed by atoms with Crippen molar-refractivity contribution in [2.75, 3.05) is 17.2 Å². The molecule has 0 bridgehead atoms. The fourth-order valence-electron chi connectivity index (χ4n) is 1.36. The summed E-state index contributed by atoms with van der Waals surface area (Å²) < 4.78 is 0. The largest absolute Gasteiger partial charge is 0.369 e. The molecule has 0 saturated carbocycles. The molecular formula is C12H15N5OS. The topological polar surface area (TPSA) is 79.8 Å². The van der Waals surface area contributed by atoms with Gasteiger partial charge in [-0.1, -0.05) is 6.92 Å². The van der Waals surface area contributed by atoms with E-state index >= 15 is 0 Å². The van der Waals surface area contributed by atoms with Gasteiger partial charge in [0.2, 0.25) is 0 Å². The Kier molecular flexibility index (Phi) is 4.40. The van der Waals surface area contributed by atoms with E-state index in [0.717, 1.165) is 17.8 Å². The van der Waals surface area contributed by atoms with Gasteiger partial charge in [-0.3, -0.25) is 10.1 Å². The van der Waals surface area contributed by atoms with Gasteiger partial charge < -0.3 is 5.32 Å². The summed E-state index contributed by atoms with van der Waals surface area (Å²) in [5, 5.41) is 6.35. The van der Waals surface area contributed by atoms with Crippen LogP contribution in [0.2, 0.25) is 0 Å². The molecule has 100 valence electrons. The Balaban J connectivity index is 1.99. The van der Waals surface area contributed by atoms with Crippen LogP contribution in [0.4, 0.5) is 10.9 Å². The minimum Gasteiger partial charge on any atom is -0.369 e. The van der Waals surface area contributed by atoms with Crippen molar-refractivity contribution in [3.63, 3.8) is 0 Å². The Labute approximate surface area is 115 Å². The van der Waals surface area contributed by atoms with E-state index in [1.807, 2.05) is 6.92 Å². The van der Waals surface area contributed by atoms with Crippen LogP contribution in [-0.4, -0.2) is 27.4 Å². The predicted molar refractivity (Wildman–Crippen MR) is 75.6 cm³/mol. The number of carbonyl (C=O) groups excluding carboxylic acids is 1. The van der Waals surface area contributed by atoms with Crippen molar-refractivity contribution in [3.05, 3.63) is 29.2 Å². The van der Waals surface area contributed by atoms with Gasteiger partial charge in [0.15, 0.2) is 5.13 Å². The highest BCUT2D eigenvalue weighted by molar-refractivity contribution is 7.15. The van der Waals surface area contributed by atoms with Crippen LogP contribution in [0.5, 0.6) is 0 Å². The Morgan fingerprint density at radius 2 is 2.11 bits per heavy atom. The van der Waals surface area contributed by atoms with Crippen molar-refractivity contribution in [2.45, 2.75) is 20.3 Å². The maximum atomic E-state index is 11.9. The van der Waals surface area contributed by atoms with E-state index in [1.165, 1.54) is 17.5 Å². The molecule has 0 radical (unpaired) electrons. The first-order chi connectivity index (χ1) is 9.19. The SMILES string of the molecule is CCCNc1cnc(C(=O)Nc2ncc(C)s2)cn1. The fraction of sp³-hybridized carbons (Fsp3) is 0.333. The molecule has 19 heavy (non-hydrogen) atoms. The van der Waals surface area contributed by atoms with Gasteiger partial charge in [-0.2, -0.15) is 0 Å². The zero-order valence-electron chi connectivity index (χ0n) is 10.8. The van der Waals surface area contributed by atoms with E-state index < -0.39 is 0 Å². The molecular weight excluding hydrogens is 262 g/mol. The normalized spacial score (nSPS) is 10.2. The number of amides is 1. The van der Waals surface area contributed by atoms with Crippen LogP contribution in [0.1, 0.15) is 28.7 Å². The van der Waals surface area contributed by atoms with Crippen molar-refractivity contribution in [3.8, 4) is 0 Å². The Hall–Kier alpha value is -2.02. The molecule has 0 fully saturated rings. The van der Waals surface area contributed by atoms with E-state index in [9.17, 15) is 4.79 Å². The highest BCUT2D eigenvalue weighted by Gasteiger charge is 2.10. The van der Waals surface area contributed by atoms with Crippen LogP contribution >= 0.6 is 11.3 Å². The summed E-state index contributed by atoms with van der Waals surface area (Å²) in [5.74, 6) is 0.368. The van der Waals surface area contributed by atoms with Crippen molar-refractivity contribution in [2.24, 2.45) is 0 Å². The smallest absolute Gasteiger partial charge is 0.277 e. The molecule has 0 aliphatic rings. The molecule has 2 aromatic rings. The maximum Gasteiger partial charge on any atom is 0.277 e. The fourth-order valence-corrected chi connectivity index (χ4v) is 2.02. The van der Waals surface area contributed by atoms with Crippen molar-refractivity contribution < 1.29 is 4.79 Å². The second-order valence-electron chi connectivity index (χ2n) is 3.94. The molecule has 2 rings (SSSR count). The summed E-state index contributed by atoms with van der Waals surface area (Å²) in [6.45, 7) is 4.83. The van der Waals surface area contributed by atoms with Crippen LogP contribution in [0, 0.1) is 6.92 Å². The number of aryl methyl sites for hydroxylation is 1. The Morgan fingerprint density at radius 3 is 2.68 bits per heavy atom. The van der Waals surface area contributed by atoms with Gasteiger partial charge in [0, 0.05) is 17.6 Å². The summed E-state index contributed by atoms with van der Waals surface area (Å²) in [6, 6.07) is 0. The summed E-state index contributed by atoms with van der Waals surface area (Å²) in [4.78, 5) is 25.2. The first-order valence-electron chi connectivity index (χ1n) is 5.98. The molecule has 0 aliphatic heterocycles. The third-order valence-corrected chi connectivity index (χ3v) is 3.11. The first-order valence-corrected chi connectivity index (χ1v) is 6.80. The number of carbonyl (C=O) groups is 1. The van der Waals surface area contributed by atoms with E-state index in [1.54, 1.807) is 12.4 Å². The van der Waals surface area contributed by atoms with E-state index in [4.69, 9.17) is 0 Å². The molecule has 0 saturated heterocycles. The lowest BCUT2D eigenvalue weighted by molar-refractivity contribution is 0.102. The average molecular weight is 277 g/mol. The third kappa shape index (κ3) is 3.72. The Morgan fingerprint density at radius 1 is 1.26 bits per heavy atom. The standard InChI is InChI=1S/C12H15N5OS/c1-3-4-13-10-7-14-9(6-15-10)11(18)17-12-16-5-8(2)19-12/h5-7H,3-4H2,1-2H3,(H,13,15)(H,16,17,18). The monoisotopic (exact) mass is 277 g/mol. The molecule has 0 atom stereocenters. The number of rotatable bonds is 5. The van der Waals surface area contributed by atoms with Crippen molar-refractivity contribution in [1.29, 1.82) is 0 Å². The van der Waals surface area contributed by atoms with Crippen LogP contribution in [0.15, 0.2) is 18.6 Å². The molecule has 2 heterocycles. The molecule has 0 spiro atoms. The van der Waals surface area contributed by atoms with Gasteiger partial charge in [0.25, 0.3) is 5.91 Å². The van der Waals surface area contributed by atoms with Gasteiger partial charge >= 0.3 is 0 Å². The lowest BCUT2D eigenvalue weighted by Crippen LogP contribution is -2.14. The van der Waals surface area contributed by atoms with Crippen LogP contribution < -0.4 is 10.6 Å². The van der Waals surface area contributed by atoms with E-state index in [2.05, 4.69) is 32.5 Å². The lowest BCUT2D eigenvalue weighted by atomic mass is 10.4.